The summed E-state index contributed by atoms with van der Waals surface area (Å²) in [7, 11) is 0. The number of carbonyl (C=O) groups is 5. The van der Waals surface area contributed by atoms with Crippen LogP contribution in [-0.4, -0.2) is 53.5 Å². The van der Waals surface area contributed by atoms with Crippen molar-refractivity contribution in [2.75, 3.05) is 13.2 Å². The molecule has 0 saturated carbocycles. The number of hydrogen-bond acceptors (Lipinski definition) is 8. The number of esters is 3. The van der Waals surface area contributed by atoms with Crippen molar-refractivity contribution in [1.82, 2.24) is 0 Å². The number of benzene rings is 2. The molecule has 0 spiro atoms. The minimum absolute atomic E-state index is 0.0257. The lowest BCUT2D eigenvalue weighted by atomic mass is 10.1. The summed E-state index contributed by atoms with van der Waals surface area (Å²) in [6.07, 6.45) is -1.74. The summed E-state index contributed by atoms with van der Waals surface area (Å²) in [5, 5.41) is 17.2. The number of carbonyl (C=O) groups excluding carboxylic acids is 3. The fourth-order valence-electron chi connectivity index (χ4n) is 2.06. The van der Waals surface area contributed by atoms with Crippen LogP contribution >= 0.6 is 0 Å². The average molecular weight is 402 g/mol. The van der Waals surface area contributed by atoms with E-state index in [0.29, 0.717) is 0 Å². The first kappa shape index (κ1) is 21.1. The molecule has 0 aromatic heterocycles. The van der Waals surface area contributed by atoms with Crippen LogP contribution in [0.15, 0.2) is 48.5 Å². The van der Waals surface area contributed by atoms with Gasteiger partial charge in [0, 0.05) is 0 Å². The predicted octanol–water partition coefficient (Wildman–Crippen LogP) is 2.23. The molecule has 0 atom stereocenters. The maximum Gasteiger partial charge on any atom is 0.513 e. The SMILES string of the molecule is O=C(O)OC(=O)c1ccc(C(=O)OCCOC(=O)c2ccc(C(=O)O)cc2)cc1. The highest BCUT2D eigenvalue weighted by molar-refractivity contribution is 5.96. The Morgan fingerprint density at radius 2 is 0.931 bits per heavy atom. The lowest BCUT2D eigenvalue weighted by Crippen LogP contribution is -2.14. The van der Waals surface area contributed by atoms with E-state index in [9.17, 15) is 24.0 Å². The molecule has 0 saturated heterocycles. The van der Waals surface area contributed by atoms with Crippen LogP contribution in [-0.2, 0) is 14.2 Å². The van der Waals surface area contributed by atoms with E-state index in [1.807, 2.05) is 0 Å². The third-order valence-corrected chi connectivity index (χ3v) is 3.45. The number of carboxylic acids is 1. The first-order chi connectivity index (χ1) is 13.8. The molecule has 0 aliphatic heterocycles. The minimum Gasteiger partial charge on any atom is -0.478 e. The Labute approximate surface area is 163 Å². The summed E-state index contributed by atoms with van der Waals surface area (Å²) in [5.74, 6) is -3.66. The van der Waals surface area contributed by atoms with E-state index in [4.69, 9.17) is 19.7 Å². The largest absolute Gasteiger partial charge is 0.513 e. The van der Waals surface area contributed by atoms with Crippen molar-refractivity contribution in [1.29, 1.82) is 0 Å². The number of hydrogen-bond donors (Lipinski definition) is 2. The van der Waals surface area contributed by atoms with E-state index in [0.717, 1.165) is 0 Å². The summed E-state index contributed by atoms with van der Waals surface area (Å²) >= 11 is 0. The molecule has 2 N–H and O–H groups in total. The Hall–Kier alpha value is -4.21. The van der Waals surface area contributed by atoms with Gasteiger partial charge in [-0.25, -0.2) is 24.0 Å². The molecule has 2 aromatic carbocycles. The van der Waals surface area contributed by atoms with Gasteiger partial charge < -0.3 is 24.4 Å². The van der Waals surface area contributed by atoms with Crippen molar-refractivity contribution in [3.8, 4) is 0 Å². The predicted molar refractivity (Wildman–Crippen MR) is 93.8 cm³/mol. The minimum atomic E-state index is -1.74. The van der Waals surface area contributed by atoms with E-state index in [1.165, 1.54) is 48.5 Å². The molecule has 2 rings (SSSR count). The van der Waals surface area contributed by atoms with Gasteiger partial charge in [-0.3, -0.25) is 0 Å². The van der Waals surface area contributed by atoms with Gasteiger partial charge in [0.1, 0.15) is 13.2 Å². The zero-order chi connectivity index (χ0) is 21.4. The van der Waals surface area contributed by atoms with E-state index in [-0.39, 0.29) is 35.5 Å². The van der Waals surface area contributed by atoms with Crippen LogP contribution in [0.2, 0.25) is 0 Å². The zero-order valence-electron chi connectivity index (χ0n) is 14.7. The second-order valence-electron chi connectivity index (χ2n) is 5.39. The molecule has 0 aliphatic carbocycles. The zero-order valence-corrected chi connectivity index (χ0v) is 14.7. The molecule has 0 amide bonds. The van der Waals surface area contributed by atoms with E-state index >= 15 is 0 Å². The van der Waals surface area contributed by atoms with Gasteiger partial charge in [-0.05, 0) is 48.5 Å². The van der Waals surface area contributed by atoms with Crippen LogP contribution in [0.5, 0.6) is 0 Å². The number of aromatic carboxylic acids is 1. The van der Waals surface area contributed by atoms with Crippen molar-refractivity contribution in [2.45, 2.75) is 0 Å². The summed E-state index contributed by atoms with van der Waals surface area (Å²) in [5.41, 5.74) is 0.196. The maximum atomic E-state index is 11.9. The fraction of sp³-hybridized carbons (Fsp3) is 0.105. The van der Waals surface area contributed by atoms with Crippen LogP contribution in [0.25, 0.3) is 0 Å². The Morgan fingerprint density at radius 3 is 1.28 bits per heavy atom. The monoisotopic (exact) mass is 402 g/mol. The van der Waals surface area contributed by atoms with Crippen molar-refractivity contribution >= 4 is 30.0 Å². The molecule has 0 unspecified atom stereocenters. The van der Waals surface area contributed by atoms with Gasteiger partial charge in [0.2, 0.25) is 0 Å². The lowest BCUT2D eigenvalue weighted by molar-refractivity contribution is 0.0265. The maximum absolute atomic E-state index is 11.9. The highest BCUT2D eigenvalue weighted by Gasteiger charge is 2.14. The summed E-state index contributed by atoms with van der Waals surface area (Å²) in [6.45, 7) is -0.463. The van der Waals surface area contributed by atoms with Gasteiger partial charge in [0.25, 0.3) is 0 Å². The summed E-state index contributed by atoms with van der Waals surface area (Å²) in [4.78, 5) is 56.2. The van der Waals surface area contributed by atoms with Crippen LogP contribution < -0.4 is 0 Å². The molecular weight excluding hydrogens is 388 g/mol. The van der Waals surface area contributed by atoms with Crippen molar-refractivity contribution in [3.63, 3.8) is 0 Å². The fourth-order valence-corrected chi connectivity index (χ4v) is 2.06. The molecule has 10 heteroatoms. The molecular formula is C19H14O10. The quantitative estimate of drug-likeness (QED) is 0.305. The highest BCUT2D eigenvalue weighted by atomic mass is 16.7. The Bertz CT molecular complexity index is 928. The second kappa shape index (κ2) is 9.65. The van der Waals surface area contributed by atoms with Gasteiger partial charge in [-0.15, -0.1) is 0 Å². The molecule has 10 nitrogen and oxygen atoms in total. The van der Waals surface area contributed by atoms with Gasteiger partial charge in [0.05, 0.1) is 22.3 Å². The Kier molecular flexibility index (Phi) is 7.02. The molecule has 0 heterocycles. The van der Waals surface area contributed by atoms with Crippen molar-refractivity contribution < 1.29 is 48.4 Å². The smallest absolute Gasteiger partial charge is 0.478 e. The molecule has 150 valence electrons. The normalized spacial score (nSPS) is 9.93. The van der Waals surface area contributed by atoms with Gasteiger partial charge in [-0.1, -0.05) is 0 Å². The molecule has 0 aliphatic rings. The first-order valence-electron chi connectivity index (χ1n) is 8.00. The third kappa shape index (κ3) is 6.17. The summed E-state index contributed by atoms with van der Waals surface area (Å²) < 4.78 is 13.8. The lowest BCUT2D eigenvalue weighted by Gasteiger charge is -2.07. The summed E-state index contributed by atoms with van der Waals surface area (Å²) in [6, 6.07) is 10.0. The highest BCUT2D eigenvalue weighted by Crippen LogP contribution is 2.09. The van der Waals surface area contributed by atoms with Crippen LogP contribution in [0.1, 0.15) is 41.4 Å². The molecule has 2 aromatic rings. The van der Waals surface area contributed by atoms with E-state index in [1.54, 1.807) is 0 Å². The number of ether oxygens (including phenoxy) is 3. The standard InChI is InChI=1S/C19H14O10/c20-15(21)11-1-3-12(4-2-11)16(22)27-9-10-28-17(23)13-5-7-14(8-6-13)18(24)29-19(25)26/h1-8H,9-10H2,(H,20,21)(H,25,26). The van der Waals surface area contributed by atoms with Crippen LogP contribution in [0, 0.1) is 0 Å². The Morgan fingerprint density at radius 1 is 0.586 bits per heavy atom. The van der Waals surface area contributed by atoms with Crippen LogP contribution in [0.4, 0.5) is 4.79 Å². The van der Waals surface area contributed by atoms with Gasteiger partial charge in [0.15, 0.2) is 0 Å². The topological polar surface area (TPSA) is 154 Å². The van der Waals surface area contributed by atoms with Gasteiger partial charge >= 0.3 is 30.0 Å². The Balaban J connectivity index is 1.79. The van der Waals surface area contributed by atoms with Crippen LogP contribution in [0.3, 0.4) is 0 Å². The van der Waals surface area contributed by atoms with E-state index < -0.39 is 30.0 Å². The number of carboxylic acid groups (broad SMARTS) is 2. The average Bonchev–Trinajstić information content (AvgIpc) is 2.70. The van der Waals surface area contributed by atoms with Crippen molar-refractivity contribution in [3.05, 3.63) is 70.8 Å². The third-order valence-electron chi connectivity index (χ3n) is 3.45. The van der Waals surface area contributed by atoms with Gasteiger partial charge in [-0.2, -0.15) is 0 Å². The molecule has 0 bridgehead atoms. The second-order valence-corrected chi connectivity index (χ2v) is 5.39. The van der Waals surface area contributed by atoms with Crippen molar-refractivity contribution in [2.24, 2.45) is 0 Å². The molecule has 29 heavy (non-hydrogen) atoms. The molecule has 0 radical (unpaired) electrons. The molecule has 0 fully saturated rings. The number of rotatable bonds is 7. The van der Waals surface area contributed by atoms with E-state index in [2.05, 4.69) is 4.74 Å². The first-order valence-corrected chi connectivity index (χ1v) is 8.00.